The first-order chi connectivity index (χ1) is 7.83. The third kappa shape index (κ3) is 2.11. The van der Waals surface area contributed by atoms with Crippen molar-refractivity contribution in [1.82, 2.24) is 0 Å². The number of hydrogen-bond donors (Lipinski definition) is 1. The lowest BCUT2D eigenvalue weighted by Crippen LogP contribution is -1.88. The Labute approximate surface area is 94.9 Å². The van der Waals surface area contributed by atoms with Crippen molar-refractivity contribution >= 4 is 12.0 Å². The van der Waals surface area contributed by atoms with Gasteiger partial charge in [-0.05, 0) is 23.3 Å². The standard InChI is InChI=1S/C14H13NO/c1-15-14-4-2-3-13(9-14)12-7-5-11(10-16)6-8-12/h2-10,15H,1H3. The average molecular weight is 211 g/mol. The molecule has 0 saturated carbocycles. The number of benzene rings is 2. The highest BCUT2D eigenvalue weighted by atomic mass is 16.1. The minimum Gasteiger partial charge on any atom is -0.388 e. The lowest BCUT2D eigenvalue weighted by Gasteiger charge is -2.05. The van der Waals surface area contributed by atoms with Crippen LogP contribution in [-0.4, -0.2) is 13.3 Å². The SMILES string of the molecule is CNc1cccc(-c2ccc(C=O)cc2)c1. The van der Waals surface area contributed by atoms with Gasteiger partial charge in [-0.1, -0.05) is 36.4 Å². The highest BCUT2D eigenvalue weighted by molar-refractivity contribution is 5.77. The predicted octanol–water partition coefficient (Wildman–Crippen LogP) is 3.21. The molecule has 0 aromatic heterocycles. The maximum atomic E-state index is 10.5. The molecule has 0 unspecified atom stereocenters. The van der Waals surface area contributed by atoms with Gasteiger partial charge in [-0.2, -0.15) is 0 Å². The zero-order valence-electron chi connectivity index (χ0n) is 9.10. The summed E-state index contributed by atoms with van der Waals surface area (Å²) in [6.45, 7) is 0. The number of carbonyl (C=O) groups is 1. The van der Waals surface area contributed by atoms with Gasteiger partial charge >= 0.3 is 0 Å². The van der Waals surface area contributed by atoms with E-state index in [9.17, 15) is 4.79 Å². The fraction of sp³-hybridized carbons (Fsp3) is 0.0714. The lowest BCUT2D eigenvalue weighted by atomic mass is 10.0. The average Bonchev–Trinajstić information content (AvgIpc) is 2.39. The first kappa shape index (κ1) is 10.4. The smallest absolute Gasteiger partial charge is 0.150 e. The molecule has 0 aliphatic heterocycles. The molecular formula is C14H13NO. The topological polar surface area (TPSA) is 29.1 Å². The molecule has 2 aromatic carbocycles. The van der Waals surface area contributed by atoms with Gasteiger partial charge in [0.05, 0.1) is 0 Å². The molecule has 1 N–H and O–H groups in total. The van der Waals surface area contributed by atoms with Crippen molar-refractivity contribution < 1.29 is 4.79 Å². The van der Waals surface area contributed by atoms with Crippen LogP contribution in [0.3, 0.4) is 0 Å². The number of aldehydes is 1. The summed E-state index contributed by atoms with van der Waals surface area (Å²) in [6.07, 6.45) is 0.855. The van der Waals surface area contributed by atoms with Crippen molar-refractivity contribution in [3.05, 3.63) is 54.1 Å². The first-order valence-corrected chi connectivity index (χ1v) is 5.17. The molecule has 2 heteroatoms. The summed E-state index contributed by atoms with van der Waals surface area (Å²) in [7, 11) is 1.90. The van der Waals surface area contributed by atoms with Crippen molar-refractivity contribution in [3.63, 3.8) is 0 Å². The van der Waals surface area contributed by atoms with Gasteiger partial charge < -0.3 is 5.32 Å². The van der Waals surface area contributed by atoms with Crippen LogP contribution in [0.4, 0.5) is 5.69 Å². The Bertz CT molecular complexity index is 488. The third-order valence-electron chi connectivity index (χ3n) is 2.53. The molecule has 80 valence electrons. The van der Waals surface area contributed by atoms with Crippen molar-refractivity contribution in [3.8, 4) is 11.1 Å². The Morgan fingerprint density at radius 3 is 2.38 bits per heavy atom. The fourth-order valence-electron chi connectivity index (χ4n) is 1.61. The summed E-state index contributed by atoms with van der Waals surface area (Å²) in [5, 5.41) is 3.10. The summed E-state index contributed by atoms with van der Waals surface area (Å²) in [5.74, 6) is 0. The summed E-state index contributed by atoms with van der Waals surface area (Å²) < 4.78 is 0. The van der Waals surface area contributed by atoms with Crippen molar-refractivity contribution in [2.75, 3.05) is 12.4 Å². The van der Waals surface area contributed by atoms with E-state index < -0.39 is 0 Å². The summed E-state index contributed by atoms with van der Waals surface area (Å²) in [6, 6.07) is 15.7. The predicted molar refractivity (Wildman–Crippen MR) is 66.8 cm³/mol. The molecule has 0 aliphatic carbocycles. The van der Waals surface area contributed by atoms with Gasteiger partial charge in [0.1, 0.15) is 6.29 Å². The monoisotopic (exact) mass is 211 g/mol. The molecule has 0 heterocycles. The molecule has 0 fully saturated rings. The summed E-state index contributed by atoms with van der Waals surface area (Å²) in [4.78, 5) is 10.5. The second kappa shape index (κ2) is 4.62. The van der Waals surface area contributed by atoms with Crippen LogP contribution in [-0.2, 0) is 0 Å². The number of hydrogen-bond acceptors (Lipinski definition) is 2. The molecule has 2 nitrogen and oxygen atoms in total. The molecule has 0 amide bonds. The van der Waals surface area contributed by atoms with Gasteiger partial charge in [0.2, 0.25) is 0 Å². The second-order valence-electron chi connectivity index (χ2n) is 3.57. The van der Waals surface area contributed by atoms with Gasteiger partial charge in [0.15, 0.2) is 0 Å². The van der Waals surface area contributed by atoms with Crippen LogP contribution < -0.4 is 5.32 Å². The molecular weight excluding hydrogens is 198 g/mol. The summed E-state index contributed by atoms with van der Waals surface area (Å²) in [5.41, 5.74) is 4.04. The molecule has 0 aliphatic rings. The Morgan fingerprint density at radius 2 is 1.75 bits per heavy atom. The molecule has 0 spiro atoms. The number of carbonyl (C=O) groups excluding carboxylic acids is 1. The third-order valence-corrected chi connectivity index (χ3v) is 2.53. The summed E-state index contributed by atoms with van der Waals surface area (Å²) >= 11 is 0. The molecule has 2 aromatic rings. The molecule has 16 heavy (non-hydrogen) atoms. The number of nitrogens with one attached hydrogen (secondary N) is 1. The van der Waals surface area contributed by atoms with Gasteiger partial charge in [-0.15, -0.1) is 0 Å². The Hall–Kier alpha value is -2.09. The van der Waals surface area contributed by atoms with E-state index in [-0.39, 0.29) is 0 Å². The van der Waals surface area contributed by atoms with Crippen LogP contribution in [0.1, 0.15) is 10.4 Å². The quantitative estimate of drug-likeness (QED) is 0.790. The van der Waals surface area contributed by atoms with E-state index in [1.54, 1.807) is 0 Å². The Kier molecular flexibility index (Phi) is 3.01. The largest absolute Gasteiger partial charge is 0.388 e. The van der Waals surface area contributed by atoms with Crippen LogP contribution in [0, 0.1) is 0 Å². The minimum atomic E-state index is 0.702. The fourth-order valence-corrected chi connectivity index (χ4v) is 1.61. The maximum Gasteiger partial charge on any atom is 0.150 e. The Balaban J connectivity index is 2.38. The normalized spacial score (nSPS) is 9.81. The van der Waals surface area contributed by atoms with Crippen molar-refractivity contribution in [2.24, 2.45) is 0 Å². The lowest BCUT2D eigenvalue weighted by molar-refractivity contribution is 0.112. The van der Waals surface area contributed by atoms with E-state index in [1.165, 1.54) is 0 Å². The highest BCUT2D eigenvalue weighted by Gasteiger charge is 1.98. The Morgan fingerprint density at radius 1 is 1.00 bits per heavy atom. The molecule has 0 saturated heterocycles. The number of rotatable bonds is 3. The van der Waals surface area contributed by atoms with Crippen molar-refractivity contribution in [2.45, 2.75) is 0 Å². The molecule has 0 atom stereocenters. The zero-order valence-corrected chi connectivity index (χ0v) is 9.10. The zero-order chi connectivity index (χ0) is 11.4. The maximum absolute atomic E-state index is 10.5. The van der Waals surface area contributed by atoms with E-state index in [2.05, 4.69) is 17.4 Å². The molecule has 0 bridgehead atoms. The van der Waals surface area contributed by atoms with Crippen LogP contribution in [0.5, 0.6) is 0 Å². The van der Waals surface area contributed by atoms with E-state index in [4.69, 9.17) is 0 Å². The first-order valence-electron chi connectivity index (χ1n) is 5.17. The van der Waals surface area contributed by atoms with E-state index in [1.807, 2.05) is 43.4 Å². The van der Waals surface area contributed by atoms with Crippen LogP contribution >= 0.6 is 0 Å². The number of anilines is 1. The molecule has 0 radical (unpaired) electrons. The van der Waals surface area contributed by atoms with E-state index in [0.29, 0.717) is 5.56 Å². The van der Waals surface area contributed by atoms with E-state index in [0.717, 1.165) is 23.1 Å². The molecule has 2 rings (SSSR count). The minimum absolute atomic E-state index is 0.702. The highest BCUT2D eigenvalue weighted by Crippen LogP contribution is 2.22. The van der Waals surface area contributed by atoms with Crippen LogP contribution in [0.2, 0.25) is 0 Å². The van der Waals surface area contributed by atoms with Crippen molar-refractivity contribution in [1.29, 1.82) is 0 Å². The van der Waals surface area contributed by atoms with Crippen LogP contribution in [0.15, 0.2) is 48.5 Å². The van der Waals surface area contributed by atoms with Gasteiger partial charge in [0, 0.05) is 18.3 Å². The van der Waals surface area contributed by atoms with Gasteiger partial charge in [-0.25, -0.2) is 0 Å². The van der Waals surface area contributed by atoms with E-state index >= 15 is 0 Å². The van der Waals surface area contributed by atoms with Gasteiger partial charge in [0.25, 0.3) is 0 Å². The second-order valence-corrected chi connectivity index (χ2v) is 3.57. The van der Waals surface area contributed by atoms with Gasteiger partial charge in [-0.3, -0.25) is 4.79 Å². The van der Waals surface area contributed by atoms with Crippen LogP contribution in [0.25, 0.3) is 11.1 Å².